The molecule has 0 saturated carbocycles. The average Bonchev–Trinajstić information content (AvgIpc) is 2.90. The van der Waals surface area contributed by atoms with Crippen LogP contribution in [0, 0.1) is 0 Å². The minimum Gasteiger partial charge on any atom is -0.261 e. The average molecular weight is 332 g/mol. The molecule has 3 aromatic rings. The van der Waals surface area contributed by atoms with E-state index in [1.807, 2.05) is 18.3 Å². The van der Waals surface area contributed by atoms with Crippen LogP contribution >= 0.6 is 27.3 Å². The van der Waals surface area contributed by atoms with Crippen molar-refractivity contribution < 1.29 is 0 Å². The number of alkyl halides is 1. The van der Waals surface area contributed by atoms with Crippen LogP contribution in [0.4, 0.5) is 0 Å². The molecule has 2 atom stereocenters. The summed E-state index contributed by atoms with van der Waals surface area (Å²) >= 11 is 5.66. The molecule has 0 saturated heterocycles. The fraction of sp³-hybridized carbons (Fsp3) is 0.188. The fourth-order valence-corrected chi connectivity index (χ4v) is 4.10. The number of hydrogen-bond donors (Lipinski definition) is 0. The van der Waals surface area contributed by atoms with Gasteiger partial charge in [0.2, 0.25) is 0 Å². The zero-order chi connectivity index (χ0) is 13.2. The van der Waals surface area contributed by atoms with Gasteiger partial charge in [0, 0.05) is 27.3 Å². The molecule has 0 aliphatic heterocycles. The molecule has 1 aromatic carbocycles. The van der Waals surface area contributed by atoms with E-state index in [-0.39, 0.29) is 0 Å². The summed E-state index contributed by atoms with van der Waals surface area (Å²) in [5, 5.41) is 3.60. The molecule has 0 aliphatic rings. The molecular formula is C16H14BrNS. The minimum atomic E-state index is 0.290. The summed E-state index contributed by atoms with van der Waals surface area (Å²) in [5.74, 6) is 0.346. The highest BCUT2D eigenvalue weighted by Gasteiger charge is 2.21. The SMILES string of the molecule is CC(c1ccccn1)C(Br)c1csc2ccccc12. The first-order chi connectivity index (χ1) is 9.27. The van der Waals surface area contributed by atoms with Gasteiger partial charge in [-0.15, -0.1) is 11.3 Å². The molecule has 0 aliphatic carbocycles. The first-order valence-electron chi connectivity index (χ1n) is 6.28. The number of benzene rings is 1. The van der Waals surface area contributed by atoms with Crippen molar-refractivity contribution in [3.05, 3.63) is 65.3 Å². The summed E-state index contributed by atoms with van der Waals surface area (Å²) in [5.41, 5.74) is 2.48. The number of pyridine rings is 1. The van der Waals surface area contributed by atoms with E-state index >= 15 is 0 Å². The Labute approximate surface area is 125 Å². The van der Waals surface area contributed by atoms with Gasteiger partial charge in [-0.05, 0) is 34.5 Å². The van der Waals surface area contributed by atoms with Gasteiger partial charge in [-0.3, -0.25) is 4.98 Å². The van der Waals surface area contributed by atoms with Crippen molar-refractivity contribution in [3.63, 3.8) is 0 Å². The predicted octanol–water partition coefficient (Wildman–Crippen LogP) is 5.54. The van der Waals surface area contributed by atoms with Crippen molar-refractivity contribution in [2.75, 3.05) is 0 Å². The maximum atomic E-state index is 4.46. The van der Waals surface area contributed by atoms with Crippen LogP contribution in [0.25, 0.3) is 10.1 Å². The highest BCUT2D eigenvalue weighted by Crippen LogP contribution is 2.42. The third kappa shape index (κ3) is 2.45. The third-order valence-electron chi connectivity index (χ3n) is 3.40. The molecule has 0 radical (unpaired) electrons. The first-order valence-corrected chi connectivity index (χ1v) is 8.08. The Morgan fingerprint density at radius 1 is 1.11 bits per heavy atom. The summed E-state index contributed by atoms with van der Waals surface area (Å²) in [6.07, 6.45) is 1.86. The van der Waals surface area contributed by atoms with Crippen LogP contribution in [-0.4, -0.2) is 4.98 Å². The molecule has 19 heavy (non-hydrogen) atoms. The summed E-state index contributed by atoms with van der Waals surface area (Å²) in [4.78, 5) is 4.75. The predicted molar refractivity (Wildman–Crippen MR) is 86.1 cm³/mol. The van der Waals surface area contributed by atoms with E-state index in [2.05, 4.69) is 63.5 Å². The number of nitrogens with zero attached hydrogens (tertiary/aromatic N) is 1. The standard InChI is InChI=1S/C16H14BrNS/c1-11(14-7-4-5-9-18-14)16(17)13-10-19-15-8-3-2-6-12(13)15/h2-11,16H,1H3. The van der Waals surface area contributed by atoms with E-state index in [0.29, 0.717) is 10.7 Å². The molecule has 3 heteroatoms. The zero-order valence-electron chi connectivity index (χ0n) is 10.6. The number of hydrogen-bond acceptors (Lipinski definition) is 2. The maximum absolute atomic E-state index is 4.46. The molecule has 96 valence electrons. The number of fused-ring (bicyclic) bond motifs is 1. The van der Waals surface area contributed by atoms with Gasteiger partial charge in [0.1, 0.15) is 0 Å². The van der Waals surface area contributed by atoms with Crippen molar-refractivity contribution in [1.82, 2.24) is 4.98 Å². The van der Waals surface area contributed by atoms with Crippen molar-refractivity contribution >= 4 is 37.4 Å². The monoisotopic (exact) mass is 331 g/mol. The highest BCUT2D eigenvalue weighted by atomic mass is 79.9. The van der Waals surface area contributed by atoms with Gasteiger partial charge in [-0.2, -0.15) is 0 Å². The molecule has 0 fully saturated rings. The Morgan fingerprint density at radius 3 is 2.68 bits per heavy atom. The van der Waals surface area contributed by atoms with Crippen molar-refractivity contribution in [2.24, 2.45) is 0 Å². The Hall–Kier alpha value is -1.19. The number of rotatable bonds is 3. The quantitative estimate of drug-likeness (QED) is 0.574. The molecule has 3 rings (SSSR count). The van der Waals surface area contributed by atoms with Crippen LogP contribution in [0.3, 0.4) is 0 Å². The van der Waals surface area contributed by atoms with Crippen LogP contribution in [0.5, 0.6) is 0 Å². The number of thiophene rings is 1. The third-order valence-corrected chi connectivity index (χ3v) is 5.67. The van der Waals surface area contributed by atoms with E-state index in [0.717, 1.165) is 5.69 Å². The lowest BCUT2D eigenvalue weighted by atomic mass is 9.97. The molecule has 2 unspecified atom stereocenters. The first kappa shape index (κ1) is 12.8. The minimum absolute atomic E-state index is 0.290. The second-order valence-corrected chi connectivity index (χ2v) is 6.53. The van der Waals surface area contributed by atoms with Gasteiger partial charge in [-0.1, -0.05) is 47.1 Å². The second-order valence-electron chi connectivity index (χ2n) is 4.63. The van der Waals surface area contributed by atoms with Gasteiger partial charge in [-0.25, -0.2) is 0 Å². The van der Waals surface area contributed by atoms with Crippen LogP contribution in [-0.2, 0) is 0 Å². The molecule has 0 N–H and O–H groups in total. The normalized spacial score (nSPS) is 14.4. The molecular weight excluding hydrogens is 318 g/mol. The van der Waals surface area contributed by atoms with Crippen LogP contribution in [0.2, 0.25) is 0 Å². The number of aromatic nitrogens is 1. The van der Waals surface area contributed by atoms with Crippen molar-refractivity contribution in [3.8, 4) is 0 Å². The zero-order valence-corrected chi connectivity index (χ0v) is 13.0. The summed E-state index contributed by atoms with van der Waals surface area (Å²) in [6.45, 7) is 2.22. The van der Waals surface area contributed by atoms with E-state index in [1.165, 1.54) is 15.6 Å². The lowest BCUT2D eigenvalue weighted by Crippen LogP contribution is -2.03. The van der Waals surface area contributed by atoms with Gasteiger partial charge in [0.25, 0.3) is 0 Å². The van der Waals surface area contributed by atoms with Crippen molar-refractivity contribution in [2.45, 2.75) is 17.7 Å². The van der Waals surface area contributed by atoms with Gasteiger partial charge < -0.3 is 0 Å². The Bertz CT molecular complexity index is 677. The van der Waals surface area contributed by atoms with Crippen LogP contribution < -0.4 is 0 Å². The number of halogens is 1. The Balaban J connectivity index is 1.98. The fourth-order valence-electron chi connectivity index (χ4n) is 2.28. The second kappa shape index (κ2) is 5.43. The molecule has 2 heterocycles. The molecule has 1 nitrogen and oxygen atoms in total. The summed E-state index contributed by atoms with van der Waals surface area (Å²) in [6, 6.07) is 14.7. The maximum Gasteiger partial charge on any atom is 0.0490 e. The molecule has 2 aromatic heterocycles. The summed E-state index contributed by atoms with van der Waals surface area (Å²) < 4.78 is 1.34. The molecule has 0 spiro atoms. The van der Waals surface area contributed by atoms with Gasteiger partial charge in [0.15, 0.2) is 0 Å². The van der Waals surface area contributed by atoms with E-state index < -0.39 is 0 Å². The van der Waals surface area contributed by atoms with E-state index in [9.17, 15) is 0 Å². The Kier molecular flexibility index (Phi) is 3.67. The van der Waals surface area contributed by atoms with Gasteiger partial charge in [0.05, 0.1) is 0 Å². The lowest BCUT2D eigenvalue weighted by Gasteiger charge is -2.17. The van der Waals surface area contributed by atoms with Crippen LogP contribution in [0.1, 0.15) is 28.9 Å². The molecule has 0 bridgehead atoms. The smallest absolute Gasteiger partial charge is 0.0490 e. The summed E-state index contributed by atoms with van der Waals surface area (Å²) in [7, 11) is 0. The van der Waals surface area contributed by atoms with E-state index in [4.69, 9.17) is 0 Å². The Morgan fingerprint density at radius 2 is 1.89 bits per heavy atom. The highest BCUT2D eigenvalue weighted by molar-refractivity contribution is 9.09. The largest absolute Gasteiger partial charge is 0.261 e. The van der Waals surface area contributed by atoms with Crippen LogP contribution in [0.15, 0.2) is 54.0 Å². The molecule has 0 amide bonds. The van der Waals surface area contributed by atoms with Gasteiger partial charge >= 0.3 is 0 Å². The lowest BCUT2D eigenvalue weighted by molar-refractivity contribution is 0.729. The van der Waals surface area contributed by atoms with E-state index in [1.54, 1.807) is 11.3 Å². The van der Waals surface area contributed by atoms with Crippen molar-refractivity contribution in [1.29, 1.82) is 0 Å². The topological polar surface area (TPSA) is 12.9 Å².